The Morgan fingerprint density at radius 2 is 1.94 bits per heavy atom. The molecule has 0 radical (unpaired) electrons. The smallest absolute Gasteiger partial charge is 0.252 e. The molecular weight excluding hydrogens is 460 g/mol. The Balaban J connectivity index is 1.45. The second-order valence-electron chi connectivity index (χ2n) is 9.18. The Hall–Kier alpha value is -4.47. The van der Waals surface area contributed by atoms with E-state index in [4.69, 9.17) is 4.42 Å². The molecule has 4 heterocycles. The van der Waals surface area contributed by atoms with Crippen LogP contribution in [-0.4, -0.2) is 38.1 Å². The lowest BCUT2D eigenvalue weighted by Crippen LogP contribution is -2.29. The lowest BCUT2D eigenvalue weighted by Gasteiger charge is -2.17. The molecule has 0 bridgehead atoms. The summed E-state index contributed by atoms with van der Waals surface area (Å²) in [6.45, 7) is 6.11. The van der Waals surface area contributed by atoms with E-state index in [1.165, 1.54) is 17.0 Å². The lowest BCUT2D eigenvalue weighted by atomic mass is 10.1. The van der Waals surface area contributed by atoms with Crippen molar-refractivity contribution in [1.29, 1.82) is 0 Å². The maximum absolute atomic E-state index is 13.3. The van der Waals surface area contributed by atoms with Gasteiger partial charge in [-0.25, -0.2) is 4.98 Å². The molecule has 1 atom stereocenters. The first-order valence-corrected chi connectivity index (χ1v) is 11.7. The van der Waals surface area contributed by atoms with Crippen molar-refractivity contribution in [2.24, 2.45) is 5.92 Å². The van der Waals surface area contributed by atoms with E-state index in [1.54, 1.807) is 23.1 Å². The number of nitrogens with one attached hydrogen (secondary N) is 2. The van der Waals surface area contributed by atoms with Gasteiger partial charge in [-0.2, -0.15) is 9.78 Å². The van der Waals surface area contributed by atoms with Crippen molar-refractivity contribution >= 4 is 23.3 Å². The molecule has 4 aromatic rings. The molecule has 2 N–H and O–H groups in total. The third-order valence-corrected chi connectivity index (χ3v) is 6.12. The molecule has 1 aliphatic heterocycles. The van der Waals surface area contributed by atoms with Crippen LogP contribution in [0.15, 0.2) is 64.0 Å². The van der Waals surface area contributed by atoms with Crippen molar-refractivity contribution in [2.45, 2.75) is 33.1 Å². The van der Waals surface area contributed by atoms with E-state index in [9.17, 15) is 14.4 Å². The van der Waals surface area contributed by atoms with E-state index < -0.39 is 5.92 Å². The number of aryl methyl sites for hydroxylation is 1. The number of anilines is 2. The van der Waals surface area contributed by atoms with E-state index >= 15 is 0 Å². The van der Waals surface area contributed by atoms with Crippen LogP contribution in [0.1, 0.15) is 37.4 Å². The van der Waals surface area contributed by atoms with Crippen LogP contribution in [0.25, 0.3) is 17.4 Å². The summed E-state index contributed by atoms with van der Waals surface area (Å²) in [5, 5.41) is 7.41. The first kappa shape index (κ1) is 23.3. The Morgan fingerprint density at radius 3 is 2.64 bits per heavy atom. The highest BCUT2D eigenvalue weighted by Gasteiger charge is 2.35. The van der Waals surface area contributed by atoms with Gasteiger partial charge in [0.25, 0.3) is 5.56 Å². The van der Waals surface area contributed by atoms with Crippen molar-refractivity contribution < 1.29 is 14.0 Å². The molecule has 2 amide bonds. The van der Waals surface area contributed by atoms with Crippen LogP contribution in [-0.2, 0) is 9.59 Å². The molecule has 184 valence electrons. The van der Waals surface area contributed by atoms with Crippen molar-refractivity contribution in [2.75, 3.05) is 16.8 Å². The number of H-pyrrole nitrogens is 1. The minimum Gasteiger partial charge on any atom is -0.463 e. The minimum atomic E-state index is -0.553. The van der Waals surface area contributed by atoms with Gasteiger partial charge in [0.2, 0.25) is 17.8 Å². The zero-order valence-electron chi connectivity index (χ0n) is 20.2. The number of carbonyl (C=O) groups excluding carboxylic acids is 2. The summed E-state index contributed by atoms with van der Waals surface area (Å²) in [5.74, 6) is -0.00968. The summed E-state index contributed by atoms with van der Waals surface area (Å²) in [6.07, 6.45) is 1.62. The Morgan fingerprint density at radius 1 is 1.17 bits per heavy atom. The average Bonchev–Trinajstić information content (AvgIpc) is 3.59. The topological polar surface area (TPSA) is 126 Å². The number of aromatic amines is 1. The van der Waals surface area contributed by atoms with Crippen molar-refractivity contribution in [1.82, 2.24) is 19.7 Å². The van der Waals surface area contributed by atoms with E-state index in [-0.39, 0.29) is 42.2 Å². The molecule has 1 aromatic carbocycles. The quantitative estimate of drug-likeness (QED) is 0.429. The van der Waals surface area contributed by atoms with Crippen molar-refractivity contribution in [3.05, 3.63) is 76.4 Å². The van der Waals surface area contributed by atoms with Gasteiger partial charge in [-0.15, -0.1) is 0 Å². The molecule has 0 spiro atoms. The number of rotatable bonds is 6. The number of furan rings is 1. The largest absolute Gasteiger partial charge is 0.463 e. The van der Waals surface area contributed by atoms with Crippen LogP contribution < -0.4 is 15.8 Å². The van der Waals surface area contributed by atoms with E-state index in [0.717, 1.165) is 11.3 Å². The number of hydrogen-bond donors (Lipinski definition) is 2. The summed E-state index contributed by atoms with van der Waals surface area (Å²) < 4.78 is 6.84. The maximum atomic E-state index is 13.3. The van der Waals surface area contributed by atoms with Gasteiger partial charge in [0.15, 0.2) is 5.76 Å². The molecule has 1 saturated heterocycles. The zero-order chi connectivity index (χ0) is 25.4. The van der Waals surface area contributed by atoms with Gasteiger partial charge in [-0.05, 0) is 37.1 Å². The van der Waals surface area contributed by atoms with Gasteiger partial charge >= 0.3 is 0 Å². The summed E-state index contributed by atoms with van der Waals surface area (Å²) in [5.41, 5.74) is 2.57. The fourth-order valence-electron chi connectivity index (χ4n) is 4.12. The third-order valence-electron chi connectivity index (χ3n) is 6.12. The van der Waals surface area contributed by atoms with Gasteiger partial charge in [0.1, 0.15) is 11.5 Å². The standard InChI is InChI=1S/C26H26N6O4/c1-15(2)19-13-23(33)29-26(27-19)32-22(12-20(30-32)21-5-4-10-36-21)28-25(35)17-11-24(34)31(14-17)18-8-6-16(3)7-9-18/h4-10,12-13,15,17H,11,14H2,1-3H3,(H,28,35)(H,27,29,33). The Bertz CT molecular complexity index is 1470. The fourth-order valence-corrected chi connectivity index (χ4v) is 4.12. The van der Waals surface area contributed by atoms with Crippen molar-refractivity contribution in [3.8, 4) is 17.4 Å². The van der Waals surface area contributed by atoms with E-state index in [0.29, 0.717) is 23.0 Å². The molecule has 1 fully saturated rings. The predicted molar refractivity (Wildman–Crippen MR) is 134 cm³/mol. The summed E-state index contributed by atoms with van der Waals surface area (Å²) in [6, 6.07) is 14.2. The fraction of sp³-hybridized carbons (Fsp3) is 0.269. The normalized spacial score (nSPS) is 15.6. The monoisotopic (exact) mass is 486 g/mol. The highest BCUT2D eigenvalue weighted by molar-refractivity contribution is 6.03. The second kappa shape index (κ2) is 9.29. The molecule has 10 heteroatoms. The Labute approximate surface area is 207 Å². The van der Waals surface area contributed by atoms with Crippen LogP contribution in [0.5, 0.6) is 0 Å². The first-order valence-electron chi connectivity index (χ1n) is 11.7. The van der Waals surface area contributed by atoms with Gasteiger partial charge < -0.3 is 14.6 Å². The zero-order valence-corrected chi connectivity index (χ0v) is 20.2. The average molecular weight is 487 g/mol. The second-order valence-corrected chi connectivity index (χ2v) is 9.18. The molecule has 36 heavy (non-hydrogen) atoms. The van der Waals surface area contributed by atoms with Crippen LogP contribution in [0, 0.1) is 12.8 Å². The highest BCUT2D eigenvalue weighted by atomic mass is 16.3. The molecule has 5 rings (SSSR count). The predicted octanol–water partition coefficient (Wildman–Crippen LogP) is 3.64. The minimum absolute atomic E-state index is 0.0152. The van der Waals surface area contributed by atoms with Crippen LogP contribution in [0.2, 0.25) is 0 Å². The SMILES string of the molecule is Cc1ccc(N2CC(C(=O)Nc3cc(-c4ccco4)nn3-c3nc(C(C)C)cc(=O)[nH]3)CC2=O)cc1. The molecule has 0 saturated carbocycles. The molecule has 0 aliphatic carbocycles. The van der Waals surface area contributed by atoms with Gasteiger partial charge in [-0.1, -0.05) is 31.5 Å². The summed E-state index contributed by atoms with van der Waals surface area (Å²) in [7, 11) is 0. The highest BCUT2D eigenvalue weighted by Crippen LogP contribution is 2.28. The molecule has 10 nitrogen and oxygen atoms in total. The molecular formula is C26H26N6O4. The van der Waals surface area contributed by atoms with Crippen molar-refractivity contribution in [3.63, 3.8) is 0 Å². The van der Waals surface area contributed by atoms with Gasteiger partial charge in [-0.3, -0.25) is 19.4 Å². The molecule has 1 unspecified atom stereocenters. The maximum Gasteiger partial charge on any atom is 0.252 e. The number of amides is 2. The number of benzene rings is 1. The number of carbonyl (C=O) groups is 2. The molecule has 1 aliphatic rings. The van der Waals surface area contributed by atoms with Gasteiger partial charge in [0.05, 0.1) is 17.9 Å². The third kappa shape index (κ3) is 4.57. The van der Waals surface area contributed by atoms with Crippen LogP contribution in [0.4, 0.5) is 11.5 Å². The number of nitrogens with zero attached hydrogens (tertiary/aromatic N) is 4. The van der Waals surface area contributed by atoms with E-state index in [2.05, 4.69) is 20.4 Å². The summed E-state index contributed by atoms with van der Waals surface area (Å²) in [4.78, 5) is 47.1. The number of hydrogen-bond acceptors (Lipinski definition) is 6. The van der Waals surface area contributed by atoms with Crippen LogP contribution >= 0.6 is 0 Å². The van der Waals surface area contributed by atoms with E-state index in [1.807, 2.05) is 45.0 Å². The first-order chi connectivity index (χ1) is 17.3. The number of aromatic nitrogens is 4. The summed E-state index contributed by atoms with van der Waals surface area (Å²) >= 11 is 0. The lowest BCUT2D eigenvalue weighted by molar-refractivity contribution is -0.122. The molecule has 3 aromatic heterocycles. The van der Waals surface area contributed by atoms with Crippen LogP contribution in [0.3, 0.4) is 0 Å². The Kier molecular flexibility index (Phi) is 6.01. The van der Waals surface area contributed by atoms with Gasteiger partial charge in [0, 0.05) is 30.8 Å².